The maximum Gasteiger partial charge on any atom is 0.345 e. The van der Waals surface area contributed by atoms with Gasteiger partial charge < -0.3 is 14.8 Å². The second-order valence-electron chi connectivity index (χ2n) is 7.02. The molecule has 0 radical (unpaired) electrons. The highest BCUT2D eigenvalue weighted by Crippen LogP contribution is 2.26. The number of H-pyrrole nitrogens is 1. The molecule has 2 aliphatic heterocycles. The summed E-state index contributed by atoms with van der Waals surface area (Å²) in [5, 5.41) is 0. The van der Waals surface area contributed by atoms with Crippen molar-refractivity contribution in [2.75, 3.05) is 31.1 Å². The van der Waals surface area contributed by atoms with Crippen LogP contribution >= 0.6 is 0 Å². The van der Waals surface area contributed by atoms with Crippen molar-refractivity contribution in [3.63, 3.8) is 0 Å². The molecule has 2 aromatic heterocycles. The average molecular weight is 353 g/mol. The van der Waals surface area contributed by atoms with E-state index in [1.165, 1.54) is 19.0 Å². The number of hydrogen-bond donors (Lipinski definition) is 1. The third-order valence-corrected chi connectivity index (χ3v) is 5.27. The fourth-order valence-corrected chi connectivity index (χ4v) is 3.89. The number of pyridine rings is 1. The van der Waals surface area contributed by atoms with Crippen LogP contribution in [0.1, 0.15) is 47.7 Å². The maximum atomic E-state index is 13.0. The molecule has 4 heterocycles. The molecule has 2 saturated heterocycles. The zero-order valence-electron chi connectivity index (χ0n) is 14.7. The van der Waals surface area contributed by atoms with Crippen LogP contribution in [-0.2, 0) is 0 Å². The first-order valence-corrected chi connectivity index (χ1v) is 9.26. The van der Waals surface area contributed by atoms with E-state index in [1.54, 1.807) is 12.3 Å². The van der Waals surface area contributed by atoms with Crippen LogP contribution in [0.5, 0.6) is 0 Å². The molecule has 1 N–H and O–H groups in total. The minimum Gasteiger partial charge on any atom is -0.357 e. The number of aromatic amines is 1. The molecule has 2 aliphatic rings. The number of carbonyl (C=O) groups is 1. The molecular weight excluding hydrogens is 330 g/mol. The van der Waals surface area contributed by atoms with Crippen molar-refractivity contribution in [2.24, 2.45) is 0 Å². The normalized spacial score (nSPS) is 20.4. The van der Waals surface area contributed by atoms with Crippen molar-refractivity contribution >= 4 is 11.7 Å². The Labute approximate surface area is 152 Å². The van der Waals surface area contributed by atoms with E-state index in [0.717, 1.165) is 44.0 Å². The Kier molecular flexibility index (Phi) is 4.69. The molecule has 2 aromatic rings. The van der Waals surface area contributed by atoms with E-state index in [0.29, 0.717) is 12.1 Å². The second-order valence-corrected chi connectivity index (χ2v) is 7.02. The van der Waals surface area contributed by atoms with Crippen molar-refractivity contribution in [3.8, 4) is 0 Å². The van der Waals surface area contributed by atoms with Crippen molar-refractivity contribution in [2.45, 2.75) is 31.6 Å². The molecule has 7 nitrogen and oxygen atoms in total. The molecule has 0 aromatic carbocycles. The fraction of sp³-hybridized carbons (Fsp3) is 0.474. The Morgan fingerprint density at radius 3 is 2.69 bits per heavy atom. The zero-order chi connectivity index (χ0) is 17.9. The Balaban J connectivity index is 1.50. The summed E-state index contributed by atoms with van der Waals surface area (Å²) >= 11 is 0. The predicted molar refractivity (Wildman–Crippen MR) is 98.4 cm³/mol. The molecule has 1 amide bonds. The molecule has 0 saturated carbocycles. The van der Waals surface area contributed by atoms with E-state index in [9.17, 15) is 9.59 Å². The number of nitrogens with zero attached hydrogens (tertiary/aromatic N) is 4. The van der Waals surface area contributed by atoms with E-state index < -0.39 is 0 Å². The summed E-state index contributed by atoms with van der Waals surface area (Å²) < 4.78 is 0. The second kappa shape index (κ2) is 7.27. The molecule has 0 spiro atoms. The van der Waals surface area contributed by atoms with Gasteiger partial charge in [-0.25, -0.2) is 14.8 Å². The van der Waals surface area contributed by atoms with Gasteiger partial charge in [-0.3, -0.25) is 4.79 Å². The predicted octanol–water partition coefficient (Wildman–Crippen LogP) is 1.78. The van der Waals surface area contributed by atoms with Crippen LogP contribution < -0.4 is 10.6 Å². The van der Waals surface area contributed by atoms with Crippen molar-refractivity contribution < 1.29 is 4.79 Å². The summed E-state index contributed by atoms with van der Waals surface area (Å²) in [6.07, 6.45) is 7.49. The molecular formula is C19H23N5O2. The first kappa shape index (κ1) is 16.8. The monoisotopic (exact) mass is 353 g/mol. The number of hydrogen-bond acceptors (Lipinski definition) is 5. The Morgan fingerprint density at radius 1 is 1.08 bits per heavy atom. The molecule has 26 heavy (non-hydrogen) atoms. The molecule has 136 valence electrons. The van der Waals surface area contributed by atoms with Crippen LogP contribution in [0.4, 0.5) is 5.82 Å². The quantitative estimate of drug-likeness (QED) is 0.910. The van der Waals surface area contributed by atoms with Gasteiger partial charge in [0.2, 0.25) is 0 Å². The summed E-state index contributed by atoms with van der Waals surface area (Å²) in [4.78, 5) is 39.5. The fourth-order valence-electron chi connectivity index (χ4n) is 3.89. The van der Waals surface area contributed by atoms with E-state index in [1.807, 2.05) is 17.0 Å². The summed E-state index contributed by atoms with van der Waals surface area (Å²) in [7, 11) is 0. The van der Waals surface area contributed by atoms with Crippen molar-refractivity contribution in [1.82, 2.24) is 19.9 Å². The highest BCUT2D eigenvalue weighted by Gasteiger charge is 2.26. The molecule has 7 heteroatoms. The summed E-state index contributed by atoms with van der Waals surface area (Å²) in [6, 6.07) is 5.53. The largest absolute Gasteiger partial charge is 0.357 e. The summed E-state index contributed by atoms with van der Waals surface area (Å²) in [5.74, 6) is 1.07. The molecule has 2 fully saturated rings. The topological polar surface area (TPSA) is 82.2 Å². The van der Waals surface area contributed by atoms with E-state index in [-0.39, 0.29) is 17.5 Å². The number of piperidine rings is 1. The van der Waals surface area contributed by atoms with Crippen LogP contribution in [-0.4, -0.2) is 51.9 Å². The van der Waals surface area contributed by atoms with Gasteiger partial charge in [0.1, 0.15) is 5.82 Å². The lowest BCUT2D eigenvalue weighted by Gasteiger charge is -2.33. The molecule has 4 rings (SSSR count). The van der Waals surface area contributed by atoms with Gasteiger partial charge in [0.15, 0.2) is 0 Å². The third kappa shape index (κ3) is 3.47. The molecule has 0 aliphatic carbocycles. The van der Waals surface area contributed by atoms with Gasteiger partial charge in [-0.05, 0) is 43.9 Å². The number of likely N-dealkylation sites (tertiary alicyclic amines) is 1. The smallest absolute Gasteiger partial charge is 0.345 e. The lowest BCUT2D eigenvalue weighted by molar-refractivity contribution is 0.0705. The highest BCUT2D eigenvalue weighted by molar-refractivity contribution is 5.95. The first-order valence-electron chi connectivity index (χ1n) is 9.26. The average Bonchev–Trinajstić information content (AvgIpc) is 3.22. The number of anilines is 1. The maximum absolute atomic E-state index is 13.0. The van der Waals surface area contributed by atoms with Crippen LogP contribution in [0.3, 0.4) is 0 Å². The van der Waals surface area contributed by atoms with Crippen molar-refractivity contribution in [1.29, 1.82) is 0 Å². The Bertz CT molecular complexity index is 844. The van der Waals surface area contributed by atoms with E-state index in [4.69, 9.17) is 0 Å². The van der Waals surface area contributed by atoms with Gasteiger partial charge in [0, 0.05) is 55.7 Å². The molecule has 1 atom stereocenters. The number of aromatic nitrogens is 3. The van der Waals surface area contributed by atoms with Crippen LogP contribution in [0.15, 0.2) is 35.4 Å². The minimum atomic E-state index is -0.338. The van der Waals surface area contributed by atoms with E-state index >= 15 is 0 Å². The first-order chi connectivity index (χ1) is 12.7. The lowest BCUT2D eigenvalue weighted by Crippen LogP contribution is -2.39. The third-order valence-electron chi connectivity index (χ3n) is 5.27. The van der Waals surface area contributed by atoms with Gasteiger partial charge in [0.25, 0.3) is 5.91 Å². The van der Waals surface area contributed by atoms with Gasteiger partial charge in [0.05, 0.1) is 0 Å². The Morgan fingerprint density at radius 2 is 1.88 bits per heavy atom. The lowest BCUT2D eigenvalue weighted by atomic mass is 9.94. The standard InChI is InChI=1S/C19H23N5O2/c25-18(14-5-7-20-17(12-14)23-9-1-2-10-23)24-11-3-4-15(13-24)16-6-8-21-19(26)22-16/h5-8,12,15H,1-4,9-11,13H2,(H,21,22,26)/t15-/m0/s1. The van der Waals surface area contributed by atoms with Crippen LogP contribution in [0.2, 0.25) is 0 Å². The molecule has 0 bridgehead atoms. The Hall–Kier alpha value is -2.70. The van der Waals surface area contributed by atoms with Gasteiger partial charge in [-0.15, -0.1) is 0 Å². The zero-order valence-corrected chi connectivity index (χ0v) is 14.7. The number of rotatable bonds is 3. The number of nitrogens with one attached hydrogen (secondary N) is 1. The summed E-state index contributed by atoms with van der Waals surface area (Å²) in [6.45, 7) is 3.36. The SMILES string of the molecule is O=C(c1ccnc(N2CCCC2)c1)N1CCC[C@H](c2ccnc(=O)[nH]2)C1. The molecule has 0 unspecified atom stereocenters. The van der Waals surface area contributed by atoms with Gasteiger partial charge in [-0.1, -0.05) is 0 Å². The number of amides is 1. The van der Waals surface area contributed by atoms with E-state index in [2.05, 4.69) is 19.9 Å². The van der Waals surface area contributed by atoms with Crippen LogP contribution in [0, 0.1) is 0 Å². The van der Waals surface area contributed by atoms with Gasteiger partial charge in [-0.2, -0.15) is 0 Å². The highest BCUT2D eigenvalue weighted by atomic mass is 16.2. The summed E-state index contributed by atoms with van der Waals surface area (Å²) in [5.41, 5.74) is 1.20. The van der Waals surface area contributed by atoms with Crippen molar-refractivity contribution in [3.05, 3.63) is 52.3 Å². The number of carbonyl (C=O) groups excluding carboxylic acids is 1. The van der Waals surface area contributed by atoms with Gasteiger partial charge >= 0.3 is 5.69 Å². The minimum absolute atomic E-state index is 0.0361. The van der Waals surface area contributed by atoms with Crippen LogP contribution in [0.25, 0.3) is 0 Å².